The van der Waals surface area contributed by atoms with Crippen LogP contribution in [0.5, 0.6) is 5.75 Å². The standard InChI is InChI=1S/C11H13ClO2/c1-3-4-11(13)14-10-6-5-9(12)7-8(10)2/h5-7H,3-4H2,1-2H3. The Balaban J connectivity index is 2.72. The highest BCUT2D eigenvalue weighted by Crippen LogP contribution is 2.22. The molecule has 3 heteroatoms. The highest BCUT2D eigenvalue weighted by Gasteiger charge is 2.05. The van der Waals surface area contributed by atoms with E-state index in [1.54, 1.807) is 18.2 Å². The van der Waals surface area contributed by atoms with Crippen LogP contribution < -0.4 is 4.74 Å². The summed E-state index contributed by atoms with van der Waals surface area (Å²) in [6.07, 6.45) is 1.24. The summed E-state index contributed by atoms with van der Waals surface area (Å²) in [5.74, 6) is 0.394. The van der Waals surface area contributed by atoms with Gasteiger partial charge in [-0.15, -0.1) is 0 Å². The molecule has 2 nitrogen and oxygen atoms in total. The molecule has 0 aliphatic heterocycles. The van der Waals surface area contributed by atoms with Crippen molar-refractivity contribution in [3.63, 3.8) is 0 Å². The molecule has 0 aromatic heterocycles. The molecule has 0 fully saturated rings. The van der Waals surface area contributed by atoms with E-state index in [0.29, 0.717) is 17.2 Å². The lowest BCUT2D eigenvalue weighted by Gasteiger charge is -2.06. The number of carbonyl (C=O) groups is 1. The maximum absolute atomic E-state index is 11.2. The molecule has 0 aliphatic carbocycles. The van der Waals surface area contributed by atoms with Gasteiger partial charge in [-0.2, -0.15) is 0 Å². The monoisotopic (exact) mass is 212 g/mol. The van der Waals surface area contributed by atoms with Crippen LogP contribution in [0.25, 0.3) is 0 Å². The fraction of sp³-hybridized carbons (Fsp3) is 0.364. The fourth-order valence-corrected chi connectivity index (χ4v) is 1.33. The molecule has 14 heavy (non-hydrogen) atoms. The Morgan fingerprint density at radius 1 is 1.50 bits per heavy atom. The molecule has 1 aromatic rings. The van der Waals surface area contributed by atoms with Gasteiger partial charge in [0, 0.05) is 11.4 Å². The molecule has 76 valence electrons. The van der Waals surface area contributed by atoms with Crippen molar-refractivity contribution in [1.29, 1.82) is 0 Å². The van der Waals surface area contributed by atoms with E-state index in [4.69, 9.17) is 16.3 Å². The van der Waals surface area contributed by atoms with Crippen molar-refractivity contribution in [2.75, 3.05) is 0 Å². The van der Waals surface area contributed by atoms with Crippen LogP contribution in [0.1, 0.15) is 25.3 Å². The second kappa shape index (κ2) is 5.01. The minimum Gasteiger partial charge on any atom is -0.426 e. The summed E-state index contributed by atoms with van der Waals surface area (Å²) < 4.78 is 5.14. The van der Waals surface area contributed by atoms with Crippen molar-refractivity contribution in [3.8, 4) is 5.75 Å². The minimum absolute atomic E-state index is 0.196. The van der Waals surface area contributed by atoms with Crippen molar-refractivity contribution >= 4 is 17.6 Å². The predicted molar refractivity (Wildman–Crippen MR) is 56.7 cm³/mol. The van der Waals surface area contributed by atoms with E-state index in [0.717, 1.165) is 12.0 Å². The Labute approximate surface area is 88.8 Å². The summed E-state index contributed by atoms with van der Waals surface area (Å²) in [6.45, 7) is 3.80. The summed E-state index contributed by atoms with van der Waals surface area (Å²) in [5.41, 5.74) is 0.877. The quantitative estimate of drug-likeness (QED) is 0.567. The molecular weight excluding hydrogens is 200 g/mol. The van der Waals surface area contributed by atoms with Gasteiger partial charge in [0.15, 0.2) is 0 Å². The van der Waals surface area contributed by atoms with Gasteiger partial charge in [-0.25, -0.2) is 0 Å². The van der Waals surface area contributed by atoms with Crippen molar-refractivity contribution < 1.29 is 9.53 Å². The maximum atomic E-state index is 11.2. The molecule has 0 aliphatic rings. The summed E-state index contributed by atoms with van der Waals surface area (Å²) in [5, 5.41) is 0.651. The normalized spacial score (nSPS) is 9.93. The van der Waals surface area contributed by atoms with Gasteiger partial charge in [0.2, 0.25) is 0 Å². The zero-order valence-corrected chi connectivity index (χ0v) is 9.10. The van der Waals surface area contributed by atoms with Gasteiger partial charge in [-0.1, -0.05) is 18.5 Å². The summed E-state index contributed by atoms with van der Waals surface area (Å²) in [4.78, 5) is 11.2. The topological polar surface area (TPSA) is 26.3 Å². The summed E-state index contributed by atoms with van der Waals surface area (Å²) in [6, 6.07) is 5.20. The van der Waals surface area contributed by atoms with E-state index < -0.39 is 0 Å². The van der Waals surface area contributed by atoms with Crippen LogP contribution in [-0.4, -0.2) is 5.97 Å². The van der Waals surface area contributed by atoms with Gasteiger partial charge in [-0.3, -0.25) is 4.79 Å². The van der Waals surface area contributed by atoms with E-state index >= 15 is 0 Å². The number of hydrogen-bond donors (Lipinski definition) is 0. The number of esters is 1. The molecule has 0 unspecified atom stereocenters. The SMILES string of the molecule is CCCC(=O)Oc1ccc(Cl)cc1C. The number of ether oxygens (including phenoxy) is 1. The Kier molecular flexibility index (Phi) is 3.96. The molecule has 0 heterocycles. The zero-order chi connectivity index (χ0) is 10.6. The van der Waals surface area contributed by atoms with Crippen LogP contribution in [-0.2, 0) is 4.79 Å². The second-order valence-electron chi connectivity index (χ2n) is 3.13. The first kappa shape index (κ1) is 11.1. The predicted octanol–water partition coefficient (Wildman–Crippen LogP) is 3.35. The molecule has 0 radical (unpaired) electrons. The molecule has 0 N–H and O–H groups in total. The first-order chi connectivity index (χ1) is 6.63. The lowest BCUT2D eigenvalue weighted by Crippen LogP contribution is -2.07. The Morgan fingerprint density at radius 3 is 2.79 bits per heavy atom. The van der Waals surface area contributed by atoms with Crippen LogP contribution in [0.2, 0.25) is 5.02 Å². The third kappa shape index (κ3) is 3.04. The Hall–Kier alpha value is -1.02. The molecule has 1 aromatic carbocycles. The van der Waals surface area contributed by atoms with Crippen LogP contribution in [0.4, 0.5) is 0 Å². The minimum atomic E-state index is -0.196. The highest BCUT2D eigenvalue weighted by molar-refractivity contribution is 6.30. The van der Waals surface area contributed by atoms with Crippen molar-refractivity contribution in [2.45, 2.75) is 26.7 Å². The Morgan fingerprint density at radius 2 is 2.21 bits per heavy atom. The smallest absolute Gasteiger partial charge is 0.311 e. The van der Waals surface area contributed by atoms with Gasteiger partial charge in [0.25, 0.3) is 0 Å². The first-order valence-corrected chi connectivity index (χ1v) is 4.98. The molecule has 0 amide bonds. The third-order valence-electron chi connectivity index (χ3n) is 1.81. The summed E-state index contributed by atoms with van der Waals surface area (Å²) >= 11 is 5.77. The van der Waals surface area contributed by atoms with E-state index in [2.05, 4.69) is 0 Å². The zero-order valence-electron chi connectivity index (χ0n) is 8.34. The largest absolute Gasteiger partial charge is 0.426 e. The average molecular weight is 213 g/mol. The number of rotatable bonds is 3. The van der Waals surface area contributed by atoms with E-state index in [1.807, 2.05) is 13.8 Å². The van der Waals surface area contributed by atoms with Gasteiger partial charge in [0.1, 0.15) is 5.75 Å². The van der Waals surface area contributed by atoms with Crippen molar-refractivity contribution in [2.24, 2.45) is 0 Å². The van der Waals surface area contributed by atoms with Crippen molar-refractivity contribution in [3.05, 3.63) is 28.8 Å². The van der Waals surface area contributed by atoms with Gasteiger partial charge < -0.3 is 4.74 Å². The molecule has 1 rings (SSSR count). The van der Waals surface area contributed by atoms with E-state index in [9.17, 15) is 4.79 Å². The summed E-state index contributed by atoms with van der Waals surface area (Å²) in [7, 11) is 0. The number of halogens is 1. The molecule has 0 spiro atoms. The van der Waals surface area contributed by atoms with Gasteiger partial charge >= 0.3 is 5.97 Å². The van der Waals surface area contributed by atoms with E-state index in [1.165, 1.54) is 0 Å². The molecule has 0 saturated carbocycles. The van der Waals surface area contributed by atoms with Gasteiger partial charge in [-0.05, 0) is 37.1 Å². The third-order valence-corrected chi connectivity index (χ3v) is 2.05. The van der Waals surface area contributed by atoms with Crippen LogP contribution >= 0.6 is 11.6 Å². The number of benzene rings is 1. The number of hydrogen-bond acceptors (Lipinski definition) is 2. The molecule has 0 bridgehead atoms. The van der Waals surface area contributed by atoms with Crippen LogP contribution in [0, 0.1) is 6.92 Å². The van der Waals surface area contributed by atoms with Crippen LogP contribution in [0.15, 0.2) is 18.2 Å². The molecule has 0 saturated heterocycles. The maximum Gasteiger partial charge on any atom is 0.311 e. The Bertz CT molecular complexity index is 334. The average Bonchev–Trinajstić information content (AvgIpc) is 2.10. The van der Waals surface area contributed by atoms with E-state index in [-0.39, 0.29) is 5.97 Å². The molecule has 0 atom stereocenters. The first-order valence-electron chi connectivity index (χ1n) is 4.60. The van der Waals surface area contributed by atoms with Gasteiger partial charge in [0.05, 0.1) is 0 Å². The number of aryl methyl sites for hydroxylation is 1. The van der Waals surface area contributed by atoms with Crippen LogP contribution in [0.3, 0.4) is 0 Å². The second-order valence-corrected chi connectivity index (χ2v) is 3.57. The number of carbonyl (C=O) groups excluding carboxylic acids is 1. The highest BCUT2D eigenvalue weighted by atomic mass is 35.5. The lowest BCUT2D eigenvalue weighted by molar-refractivity contribution is -0.134. The molecular formula is C11H13ClO2. The van der Waals surface area contributed by atoms with Crippen molar-refractivity contribution in [1.82, 2.24) is 0 Å². The lowest BCUT2D eigenvalue weighted by atomic mass is 10.2. The fourth-order valence-electron chi connectivity index (χ4n) is 1.11.